The summed E-state index contributed by atoms with van der Waals surface area (Å²) in [7, 11) is 1.51. The van der Waals surface area contributed by atoms with Gasteiger partial charge < -0.3 is 19.1 Å². The number of nitriles is 1. The highest BCUT2D eigenvalue weighted by atomic mass is 16.6. The van der Waals surface area contributed by atoms with E-state index in [9.17, 15) is 4.79 Å². The summed E-state index contributed by atoms with van der Waals surface area (Å²) in [5.74, 6) is 1.23. The predicted molar refractivity (Wildman–Crippen MR) is 71.2 cm³/mol. The minimum absolute atomic E-state index is 0.0477. The third-order valence-corrected chi connectivity index (χ3v) is 3.01. The number of amides is 1. The number of carbonyl (C=O) groups is 1. The van der Waals surface area contributed by atoms with E-state index < -0.39 is 0 Å². The van der Waals surface area contributed by atoms with E-state index in [4.69, 9.17) is 19.5 Å². The minimum Gasteiger partial charge on any atom is -0.493 e. The molecule has 0 N–H and O–H groups in total. The van der Waals surface area contributed by atoms with Crippen molar-refractivity contribution < 1.29 is 19.0 Å². The maximum Gasteiger partial charge on any atom is 0.254 e. The van der Waals surface area contributed by atoms with Gasteiger partial charge in [-0.05, 0) is 19.1 Å². The number of rotatable bonds is 4. The van der Waals surface area contributed by atoms with Gasteiger partial charge in [0.1, 0.15) is 19.8 Å². The van der Waals surface area contributed by atoms with Crippen LogP contribution in [0.2, 0.25) is 0 Å². The maximum absolute atomic E-state index is 12.3. The molecule has 0 radical (unpaired) electrons. The fourth-order valence-corrected chi connectivity index (χ4v) is 1.99. The molecule has 6 heteroatoms. The van der Waals surface area contributed by atoms with E-state index in [1.54, 1.807) is 12.1 Å². The van der Waals surface area contributed by atoms with Crippen molar-refractivity contribution in [3.05, 3.63) is 17.7 Å². The summed E-state index contributed by atoms with van der Waals surface area (Å²) in [5, 5.41) is 8.74. The first-order valence-electron chi connectivity index (χ1n) is 6.35. The number of benzene rings is 1. The Labute approximate surface area is 117 Å². The molecule has 0 aromatic heterocycles. The summed E-state index contributed by atoms with van der Waals surface area (Å²) in [6.45, 7) is 3.22. The fraction of sp³-hybridized carbons (Fsp3) is 0.429. The monoisotopic (exact) mass is 276 g/mol. The predicted octanol–water partition coefficient (Wildman–Crippen LogP) is 1.45. The molecule has 6 nitrogen and oxygen atoms in total. The Balaban J connectivity index is 2.37. The van der Waals surface area contributed by atoms with E-state index >= 15 is 0 Å². The topological polar surface area (TPSA) is 71.8 Å². The van der Waals surface area contributed by atoms with E-state index in [1.807, 2.05) is 13.0 Å². The second kappa shape index (κ2) is 6.15. The van der Waals surface area contributed by atoms with Crippen molar-refractivity contribution in [2.45, 2.75) is 6.92 Å². The zero-order valence-electron chi connectivity index (χ0n) is 11.5. The van der Waals surface area contributed by atoms with Gasteiger partial charge in [0.25, 0.3) is 5.91 Å². The van der Waals surface area contributed by atoms with Crippen molar-refractivity contribution in [1.29, 1.82) is 5.26 Å². The molecule has 20 heavy (non-hydrogen) atoms. The first kappa shape index (κ1) is 14.0. The molecule has 0 saturated carbocycles. The first-order valence-corrected chi connectivity index (χ1v) is 6.35. The Bertz CT molecular complexity index is 534. The van der Waals surface area contributed by atoms with Gasteiger partial charge >= 0.3 is 0 Å². The summed E-state index contributed by atoms with van der Waals surface area (Å²) in [6, 6.07) is 5.21. The Hall–Kier alpha value is -2.42. The van der Waals surface area contributed by atoms with E-state index in [0.29, 0.717) is 42.6 Å². The van der Waals surface area contributed by atoms with Crippen LogP contribution in [0.1, 0.15) is 17.3 Å². The molecular weight excluding hydrogens is 260 g/mol. The number of fused-ring (bicyclic) bond motifs is 1. The van der Waals surface area contributed by atoms with Crippen molar-refractivity contribution in [3.8, 4) is 23.3 Å². The highest BCUT2D eigenvalue weighted by Gasteiger charge is 2.22. The van der Waals surface area contributed by atoms with Crippen LogP contribution in [0.4, 0.5) is 0 Å². The lowest BCUT2D eigenvalue weighted by molar-refractivity contribution is 0.0782. The molecule has 0 unspecified atom stereocenters. The van der Waals surface area contributed by atoms with Gasteiger partial charge in [-0.3, -0.25) is 4.79 Å². The molecule has 1 aliphatic heterocycles. The zero-order chi connectivity index (χ0) is 14.5. The minimum atomic E-state index is -0.232. The molecule has 0 fully saturated rings. The summed E-state index contributed by atoms with van der Waals surface area (Å²) in [6.07, 6.45) is 0. The Morgan fingerprint density at radius 3 is 2.85 bits per heavy atom. The van der Waals surface area contributed by atoms with Crippen LogP contribution in [-0.2, 0) is 0 Å². The lowest BCUT2D eigenvalue weighted by Crippen LogP contribution is -2.31. The third-order valence-electron chi connectivity index (χ3n) is 3.01. The average molecular weight is 276 g/mol. The maximum atomic E-state index is 12.3. The van der Waals surface area contributed by atoms with Gasteiger partial charge in [-0.15, -0.1) is 0 Å². The van der Waals surface area contributed by atoms with Crippen LogP contribution >= 0.6 is 0 Å². The molecule has 106 valence electrons. The summed E-state index contributed by atoms with van der Waals surface area (Å²) in [5.41, 5.74) is 0.420. The molecule has 1 aromatic rings. The third kappa shape index (κ3) is 2.62. The highest BCUT2D eigenvalue weighted by Crippen LogP contribution is 2.40. The van der Waals surface area contributed by atoms with Crippen LogP contribution in [0.3, 0.4) is 0 Å². The van der Waals surface area contributed by atoms with E-state index in [0.717, 1.165) is 0 Å². The van der Waals surface area contributed by atoms with Crippen LogP contribution in [0.15, 0.2) is 12.1 Å². The fourth-order valence-electron chi connectivity index (χ4n) is 1.99. The van der Waals surface area contributed by atoms with Gasteiger partial charge in [0.15, 0.2) is 11.5 Å². The van der Waals surface area contributed by atoms with Gasteiger partial charge in [-0.2, -0.15) is 5.26 Å². The molecule has 1 heterocycles. The lowest BCUT2D eigenvalue weighted by Gasteiger charge is -2.23. The molecule has 0 spiro atoms. The normalized spacial score (nSPS) is 12.4. The average Bonchev–Trinajstić information content (AvgIpc) is 2.50. The number of hydrogen-bond acceptors (Lipinski definition) is 5. The van der Waals surface area contributed by atoms with Gasteiger partial charge in [-0.25, -0.2) is 0 Å². The Morgan fingerprint density at radius 1 is 1.45 bits per heavy atom. The molecular formula is C14H16N2O4. The van der Waals surface area contributed by atoms with Crippen LogP contribution in [0.5, 0.6) is 17.2 Å². The number of carbonyl (C=O) groups excluding carboxylic acids is 1. The molecule has 2 rings (SSSR count). The van der Waals surface area contributed by atoms with Crippen molar-refractivity contribution in [3.63, 3.8) is 0 Å². The zero-order valence-corrected chi connectivity index (χ0v) is 11.5. The SMILES string of the molecule is CCN(CC#N)C(=O)c1cc(OC)c2c(c1)OCCO2. The summed E-state index contributed by atoms with van der Waals surface area (Å²) in [4.78, 5) is 13.8. The number of hydrogen-bond donors (Lipinski definition) is 0. The lowest BCUT2D eigenvalue weighted by atomic mass is 10.1. The van der Waals surface area contributed by atoms with Crippen LogP contribution < -0.4 is 14.2 Å². The second-order valence-corrected chi connectivity index (χ2v) is 4.18. The molecule has 0 aliphatic carbocycles. The Kier molecular flexibility index (Phi) is 4.31. The van der Waals surface area contributed by atoms with Crippen molar-refractivity contribution in [2.75, 3.05) is 33.4 Å². The molecule has 0 saturated heterocycles. The van der Waals surface area contributed by atoms with Crippen LogP contribution in [0.25, 0.3) is 0 Å². The van der Waals surface area contributed by atoms with Crippen LogP contribution in [0, 0.1) is 11.3 Å². The highest BCUT2D eigenvalue weighted by molar-refractivity contribution is 5.95. The molecule has 1 amide bonds. The van der Waals surface area contributed by atoms with Gasteiger partial charge in [0, 0.05) is 12.1 Å². The number of nitrogens with zero attached hydrogens (tertiary/aromatic N) is 2. The summed E-state index contributed by atoms with van der Waals surface area (Å²) >= 11 is 0. The van der Waals surface area contributed by atoms with E-state index in [-0.39, 0.29) is 12.5 Å². The van der Waals surface area contributed by atoms with Gasteiger partial charge in [0.05, 0.1) is 13.2 Å². The molecule has 0 bridgehead atoms. The van der Waals surface area contributed by atoms with E-state index in [2.05, 4.69) is 0 Å². The van der Waals surface area contributed by atoms with Crippen molar-refractivity contribution in [2.24, 2.45) is 0 Å². The van der Waals surface area contributed by atoms with Gasteiger partial charge in [0.2, 0.25) is 5.75 Å². The first-order chi connectivity index (χ1) is 9.71. The quantitative estimate of drug-likeness (QED) is 0.778. The standard InChI is InChI=1S/C14H16N2O4/c1-3-16(5-4-15)14(17)10-8-11(18-2)13-12(9-10)19-6-7-20-13/h8-9H,3,5-7H2,1-2H3. The molecule has 0 atom stereocenters. The van der Waals surface area contributed by atoms with Gasteiger partial charge in [-0.1, -0.05) is 0 Å². The summed E-state index contributed by atoms with van der Waals surface area (Å²) < 4.78 is 16.2. The molecule has 1 aromatic carbocycles. The smallest absolute Gasteiger partial charge is 0.254 e. The largest absolute Gasteiger partial charge is 0.493 e. The van der Waals surface area contributed by atoms with Crippen LogP contribution in [-0.4, -0.2) is 44.2 Å². The van der Waals surface area contributed by atoms with Crippen molar-refractivity contribution >= 4 is 5.91 Å². The Morgan fingerprint density at radius 2 is 2.20 bits per heavy atom. The second-order valence-electron chi connectivity index (χ2n) is 4.18. The molecule has 1 aliphatic rings. The number of methoxy groups -OCH3 is 1. The number of ether oxygens (including phenoxy) is 3. The van der Waals surface area contributed by atoms with Crippen molar-refractivity contribution in [1.82, 2.24) is 4.90 Å². The van der Waals surface area contributed by atoms with E-state index in [1.165, 1.54) is 12.0 Å².